The smallest absolute Gasteiger partial charge is 0.369 e. The Morgan fingerprint density at radius 3 is 2.42 bits per heavy atom. The van der Waals surface area contributed by atoms with Gasteiger partial charge in [-0.3, -0.25) is 9.59 Å². The van der Waals surface area contributed by atoms with E-state index in [1.807, 2.05) is 0 Å². The number of hydrogen-bond acceptors (Lipinski definition) is 2. The van der Waals surface area contributed by atoms with Crippen LogP contribution in [0, 0.1) is 5.92 Å². The van der Waals surface area contributed by atoms with Gasteiger partial charge in [0.1, 0.15) is 0 Å². The number of likely N-dealkylation sites (tertiary alicyclic amines) is 1. The SMILES string of the molecule is CCC(C(=O)N1CCC(C(N)=O)CC1)c1cccc(C(F)(F)F)c1. The van der Waals surface area contributed by atoms with E-state index in [-0.39, 0.29) is 17.7 Å². The molecule has 24 heavy (non-hydrogen) atoms. The van der Waals surface area contributed by atoms with Gasteiger partial charge >= 0.3 is 6.18 Å². The van der Waals surface area contributed by atoms with Crippen molar-refractivity contribution in [3.05, 3.63) is 35.4 Å². The molecule has 1 aliphatic rings. The predicted octanol–water partition coefficient (Wildman–Crippen LogP) is 2.92. The van der Waals surface area contributed by atoms with Crippen LogP contribution in [0.15, 0.2) is 24.3 Å². The molecule has 2 N–H and O–H groups in total. The van der Waals surface area contributed by atoms with Gasteiger partial charge in [0.25, 0.3) is 0 Å². The highest BCUT2D eigenvalue weighted by molar-refractivity contribution is 5.84. The molecule has 2 amide bonds. The van der Waals surface area contributed by atoms with Crippen molar-refractivity contribution in [2.24, 2.45) is 11.7 Å². The number of nitrogens with zero attached hydrogens (tertiary/aromatic N) is 1. The topological polar surface area (TPSA) is 63.4 Å². The summed E-state index contributed by atoms with van der Waals surface area (Å²) in [5, 5.41) is 0. The molecule has 0 radical (unpaired) electrons. The van der Waals surface area contributed by atoms with E-state index in [1.165, 1.54) is 6.07 Å². The Bertz CT molecular complexity index is 608. The van der Waals surface area contributed by atoms with Crippen LogP contribution in [0.5, 0.6) is 0 Å². The van der Waals surface area contributed by atoms with Crippen LogP contribution < -0.4 is 5.73 Å². The van der Waals surface area contributed by atoms with Crippen LogP contribution in [0.3, 0.4) is 0 Å². The van der Waals surface area contributed by atoms with Crippen LogP contribution in [0.2, 0.25) is 0 Å². The van der Waals surface area contributed by atoms with Crippen LogP contribution in [-0.2, 0) is 15.8 Å². The monoisotopic (exact) mass is 342 g/mol. The first kappa shape index (κ1) is 18.3. The van der Waals surface area contributed by atoms with Crippen molar-refractivity contribution in [1.29, 1.82) is 0 Å². The molecule has 1 atom stereocenters. The summed E-state index contributed by atoms with van der Waals surface area (Å²) < 4.78 is 38.6. The van der Waals surface area contributed by atoms with Gasteiger partial charge in [0.05, 0.1) is 11.5 Å². The second-order valence-electron chi connectivity index (χ2n) is 6.09. The highest BCUT2D eigenvalue weighted by Crippen LogP contribution is 2.32. The van der Waals surface area contributed by atoms with Crippen LogP contribution in [0.4, 0.5) is 13.2 Å². The zero-order valence-corrected chi connectivity index (χ0v) is 13.5. The quantitative estimate of drug-likeness (QED) is 0.914. The molecule has 0 aliphatic carbocycles. The van der Waals surface area contributed by atoms with Crippen molar-refractivity contribution >= 4 is 11.8 Å². The Hall–Kier alpha value is -2.05. The minimum Gasteiger partial charge on any atom is -0.369 e. The maximum atomic E-state index is 12.9. The fraction of sp³-hybridized carbons (Fsp3) is 0.529. The molecule has 0 aromatic heterocycles. The molecule has 1 fully saturated rings. The van der Waals surface area contributed by atoms with Gasteiger partial charge in [-0.25, -0.2) is 0 Å². The predicted molar refractivity (Wildman–Crippen MR) is 83.0 cm³/mol. The lowest BCUT2D eigenvalue weighted by Crippen LogP contribution is -2.43. The lowest BCUT2D eigenvalue weighted by molar-refractivity contribution is -0.138. The van der Waals surface area contributed by atoms with Crippen LogP contribution >= 0.6 is 0 Å². The number of nitrogens with two attached hydrogens (primary N) is 1. The Morgan fingerprint density at radius 1 is 1.29 bits per heavy atom. The summed E-state index contributed by atoms with van der Waals surface area (Å²) in [6.07, 6.45) is -3.02. The minimum absolute atomic E-state index is 0.195. The summed E-state index contributed by atoms with van der Waals surface area (Å²) in [6, 6.07) is 4.92. The summed E-state index contributed by atoms with van der Waals surface area (Å²) in [5.41, 5.74) is 4.89. The van der Waals surface area contributed by atoms with Gasteiger partial charge < -0.3 is 10.6 Å². The zero-order valence-electron chi connectivity index (χ0n) is 13.5. The molecule has 2 rings (SSSR count). The van der Waals surface area contributed by atoms with E-state index < -0.39 is 17.7 Å². The van der Waals surface area contributed by atoms with E-state index >= 15 is 0 Å². The van der Waals surface area contributed by atoms with Crippen LogP contribution in [-0.4, -0.2) is 29.8 Å². The first-order valence-corrected chi connectivity index (χ1v) is 7.99. The molecule has 1 saturated heterocycles. The highest BCUT2D eigenvalue weighted by Gasteiger charge is 2.33. The molecule has 1 aliphatic heterocycles. The van der Waals surface area contributed by atoms with Crippen molar-refractivity contribution in [1.82, 2.24) is 4.90 Å². The number of carbonyl (C=O) groups excluding carboxylic acids is 2. The van der Waals surface area contributed by atoms with Crippen LogP contribution in [0.1, 0.15) is 43.2 Å². The standard InChI is InChI=1S/C17H21F3N2O2/c1-2-14(12-4-3-5-13(10-12)17(18,19)20)16(24)22-8-6-11(7-9-22)15(21)23/h3-5,10-11,14H,2,6-9H2,1H3,(H2,21,23). The van der Waals surface area contributed by atoms with Gasteiger partial charge in [-0.2, -0.15) is 13.2 Å². The maximum absolute atomic E-state index is 12.9. The summed E-state index contributed by atoms with van der Waals surface area (Å²) in [4.78, 5) is 25.5. The molecule has 4 nitrogen and oxygen atoms in total. The van der Waals surface area contributed by atoms with Gasteiger partial charge in [-0.05, 0) is 30.9 Å². The normalized spacial score (nSPS) is 17.6. The van der Waals surface area contributed by atoms with E-state index in [4.69, 9.17) is 5.73 Å². The molecule has 7 heteroatoms. The number of carbonyl (C=O) groups is 2. The number of amides is 2. The maximum Gasteiger partial charge on any atom is 0.416 e. The van der Waals surface area contributed by atoms with E-state index in [9.17, 15) is 22.8 Å². The largest absolute Gasteiger partial charge is 0.416 e. The average molecular weight is 342 g/mol. The molecule has 0 bridgehead atoms. The minimum atomic E-state index is -4.43. The van der Waals surface area contributed by atoms with Crippen molar-refractivity contribution in [3.8, 4) is 0 Å². The van der Waals surface area contributed by atoms with Crippen LogP contribution in [0.25, 0.3) is 0 Å². The number of benzene rings is 1. The molecule has 1 unspecified atom stereocenters. The number of primary amides is 1. The summed E-state index contributed by atoms with van der Waals surface area (Å²) in [6.45, 7) is 2.59. The van der Waals surface area contributed by atoms with E-state index in [2.05, 4.69) is 0 Å². The van der Waals surface area contributed by atoms with Crippen molar-refractivity contribution in [2.75, 3.05) is 13.1 Å². The second-order valence-corrected chi connectivity index (χ2v) is 6.09. The summed E-state index contributed by atoms with van der Waals surface area (Å²) in [7, 11) is 0. The Labute approximate surface area is 138 Å². The number of halogens is 3. The highest BCUT2D eigenvalue weighted by atomic mass is 19.4. The van der Waals surface area contributed by atoms with Gasteiger partial charge in [0.2, 0.25) is 11.8 Å². The first-order valence-electron chi connectivity index (χ1n) is 7.99. The number of rotatable bonds is 4. The summed E-state index contributed by atoms with van der Waals surface area (Å²) in [5.74, 6) is -1.41. The second kappa shape index (κ2) is 7.23. The molecular weight excluding hydrogens is 321 g/mol. The molecule has 132 valence electrons. The fourth-order valence-corrected chi connectivity index (χ4v) is 3.09. The molecule has 0 spiro atoms. The third kappa shape index (κ3) is 4.07. The number of hydrogen-bond donors (Lipinski definition) is 1. The summed E-state index contributed by atoms with van der Waals surface area (Å²) >= 11 is 0. The molecule has 1 aromatic rings. The first-order chi connectivity index (χ1) is 11.2. The van der Waals surface area contributed by atoms with E-state index in [0.717, 1.165) is 12.1 Å². The van der Waals surface area contributed by atoms with Gasteiger partial charge in [-0.1, -0.05) is 25.1 Å². The van der Waals surface area contributed by atoms with Gasteiger partial charge in [0.15, 0.2) is 0 Å². The Kier molecular flexibility index (Phi) is 5.51. The Morgan fingerprint density at radius 2 is 1.92 bits per heavy atom. The van der Waals surface area contributed by atoms with E-state index in [0.29, 0.717) is 37.9 Å². The third-order valence-electron chi connectivity index (χ3n) is 4.53. The van der Waals surface area contributed by atoms with Crippen molar-refractivity contribution < 1.29 is 22.8 Å². The molecule has 0 saturated carbocycles. The molecule has 1 heterocycles. The van der Waals surface area contributed by atoms with Gasteiger partial charge in [-0.15, -0.1) is 0 Å². The molecule has 1 aromatic carbocycles. The zero-order chi connectivity index (χ0) is 17.9. The Balaban J connectivity index is 2.14. The van der Waals surface area contributed by atoms with Crippen molar-refractivity contribution in [2.45, 2.75) is 38.3 Å². The lowest BCUT2D eigenvalue weighted by atomic mass is 9.91. The van der Waals surface area contributed by atoms with E-state index in [1.54, 1.807) is 17.9 Å². The number of piperidine rings is 1. The van der Waals surface area contributed by atoms with Gasteiger partial charge in [0, 0.05) is 19.0 Å². The fourth-order valence-electron chi connectivity index (χ4n) is 3.09. The third-order valence-corrected chi connectivity index (χ3v) is 4.53. The lowest BCUT2D eigenvalue weighted by Gasteiger charge is -2.33. The molecular formula is C17H21F3N2O2. The van der Waals surface area contributed by atoms with Crippen molar-refractivity contribution in [3.63, 3.8) is 0 Å². The average Bonchev–Trinajstić information content (AvgIpc) is 2.55. The number of alkyl halides is 3.